The maximum atomic E-state index is 12.1. The fourth-order valence-electron chi connectivity index (χ4n) is 2.13. The molecule has 0 heterocycles. The maximum absolute atomic E-state index is 12.1. The van der Waals surface area contributed by atoms with Gasteiger partial charge in [-0.2, -0.15) is 0 Å². The molecule has 20 heavy (non-hydrogen) atoms. The number of benzene rings is 1. The zero-order valence-corrected chi connectivity index (χ0v) is 13.1. The molecule has 1 amide bonds. The first kappa shape index (κ1) is 16.7. The third-order valence-electron chi connectivity index (χ3n) is 3.32. The second-order valence-electron chi connectivity index (χ2n) is 5.83. The predicted octanol–water partition coefficient (Wildman–Crippen LogP) is 3.78. The van der Waals surface area contributed by atoms with E-state index in [0.29, 0.717) is 12.2 Å². The average molecular weight is 277 g/mol. The molecule has 1 atom stereocenters. The summed E-state index contributed by atoms with van der Waals surface area (Å²) in [6.45, 7) is 7.10. The summed E-state index contributed by atoms with van der Waals surface area (Å²) in [6.07, 6.45) is 3.41. The van der Waals surface area contributed by atoms with Crippen molar-refractivity contribution in [2.75, 3.05) is 7.11 Å². The Labute approximate surface area is 122 Å². The van der Waals surface area contributed by atoms with E-state index >= 15 is 0 Å². The van der Waals surface area contributed by atoms with Crippen molar-refractivity contribution in [1.82, 2.24) is 5.32 Å². The van der Waals surface area contributed by atoms with Crippen LogP contribution in [0.15, 0.2) is 24.3 Å². The highest BCUT2D eigenvalue weighted by Crippen LogP contribution is 2.10. The van der Waals surface area contributed by atoms with Crippen molar-refractivity contribution in [3.8, 4) is 0 Å². The Hall–Kier alpha value is -1.35. The summed E-state index contributed by atoms with van der Waals surface area (Å²) < 4.78 is 5.06. The highest BCUT2D eigenvalue weighted by Gasteiger charge is 2.09. The molecule has 0 aliphatic rings. The standard InChI is InChI=1S/C17H27NO2/c1-13(2)6-5-7-14(3)18-17(19)16-10-8-15(9-11-16)12-20-4/h8-11,13-14H,5-7,12H2,1-4H3,(H,18,19). The van der Waals surface area contributed by atoms with Crippen LogP contribution in [0.25, 0.3) is 0 Å². The van der Waals surface area contributed by atoms with E-state index in [1.54, 1.807) is 7.11 Å². The largest absolute Gasteiger partial charge is 0.380 e. The van der Waals surface area contributed by atoms with E-state index in [2.05, 4.69) is 26.1 Å². The minimum Gasteiger partial charge on any atom is -0.380 e. The number of carbonyl (C=O) groups excluding carboxylic acids is 1. The van der Waals surface area contributed by atoms with Gasteiger partial charge in [-0.15, -0.1) is 0 Å². The van der Waals surface area contributed by atoms with Crippen LogP contribution in [0.3, 0.4) is 0 Å². The van der Waals surface area contributed by atoms with Crippen molar-refractivity contribution in [3.63, 3.8) is 0 Å². The van der Waals surface area contributed by atoms with Gasteiger partial charge in [0.25, 0.3) is 5.91 Å². The Morgan fingerprint density at radius 2 is 1.80 bits per heavy atom. The molecule has 1 N–H and O–H groups in total. The quantitative estimate of drug-likeness (QED) is 0.785. The van der Waals surface area contributed by atoms with E-state index in [9.17, 15) is 4.79 Å². The Morgan fingerprint density at radius 1 is 1.15 bits per heavy atom. The minimum absolute atomic E-state index is 0.00557. The van der Waals surface area contributed by atoms with Crippen molar-refractivity contribution in [3.05, 3.63) is 35.4 Å². The second-order valence-corrected chi connectivity index (χ2v) is 5.83. The smallest absolute Gasteiger partial charge is 0.251 e. The number of methoxy groups -OCH3 is 1. The molecule has 0 aromatic heterocycles. The molecule has 0 radical (unpaired) electrons. The van der Waals surface area contributed by atoms with Gasteiger partial charge in [-0.25, -0.2) is 0 Å². The van der Waals surface area contributed by atoms with E-state index < -0.39 is 0 Å². The lowest BCUT2D eigenvalue weighted by Gasteiger charge is -2.14. The van der Waals surface area contributed by atoms with Gasteiger partial charge in [0.15, 0.2) is 0 Å². The number of rotatable bonds is 8. The first-order valence-electron chi connectivity index (χ1n) is 7.41. The van der Waals surface area contributed by atoms with Gasteiger partial charge in [0.2, 0.25) is 0 Å². The van der Waals surface area contributed by atoms with Crippen LogP contribution < -0.4 is 5.32 Å². The van der Waals surface area contributed by atoms with Crippen LogP contribution in [-0.4, -0.2) is 19.1 Å². The molecule has 1 unspecified atom stereocenters. The summed E-state index contributed by atoms with van der Waals surface area (Å²) in [5.74, 6) is 0.734. The summed E-state index contributed by atoms with van der Waals surface area (Å²) in [5.41, 5.74) is 1.79. The van der Waals surface area contributed by atoms with Gasteiger partial charge in [-0.05, 0) is 37.0 Å². The Morgan fingerprint density at radius 3 is 2.35 bits per heavy atom. The molecule has 0 aliphatic carbocycles. The second kappa shape index (κ2) is 8.75. The average Bonchev–Trinajstić information content (AvgIpc) is 2.39. The molecule has 0 bridgehead atoms. The number of hydrogen-bond donors (Lipinski definition) is 1. The first-order chi connectivity index (χ1) is 9.52. The van der Waals surface area contributed by atoms with Gasteiger partial charge in [0, 0.05) is 18.7 Å². The van der Waals surface area contributed by atoms with Gasteiger partial charge in [-0.1, -0.05) is 38.8 Å². The first-order valence-corrected chi connectivity index (χ1v) is 7.41. The van der Waals surface area contributed by atoms with Gasteiger partial charge in [0.1, 0.15) is 0 Å². The summed E-state index contributed by atoms with van der Waals surface area (Å²) >= 11 is 0. The van der Waals surface area contributed by atoms with E-state index in [1.807, 2.05) is 24.3 Å². The SMILES string of the molecule is COCc1ccc(C(=O)NC(C)CCCC(C)C)cc1. The van der Waals surface area contributed by atoms with Gasteiger partial charge < -0.3 is 10.1 Å². The minimum atomic E-state index is 0.00557. The molecule has 0 spiro atoms. The molecular weight excluding hydrogens is 250 g/mol. The highest BCUT2D eigenvalue weighted by atomic mass is 16.5. The van der Waals surface area contributed by atoms with Crippen LogP contribution in [-0.2, 0) is 11.3 Å². The van der Waals surface area contributed by atoms with E-state index in [0.717, 1.165) is 24.3 Å². The molecule has 3 heteroatoms. The molecule has 1 aromatic carbocycles. The molecule has 1 aromatic rings. The Kier molecular flexibility index (Phi) is 7.31. The number of amides is 1. The van der Waals surface area contributed by atoms with Crippen molar-refractivity contribution in [2.45, 2.75) is 52.7 Å². The zero-order valence-electron chi connectivity index (χ0n) is 13.1. The predicted molar refractivity (Wildman–Crippen MR) is 82.8 cm³/mol. The number of nitrogens with one attached hydrogen (secondary N) is 1. The van der Waals surface area contributed by atoms with Crippen LogP contribution in [0, 0.1) is 5.92 Å². The summed E-state index contributed by atoms with van der Waals surface area (Å²) in [7, 11) is 1.67. The van der Waals surface area contributed by atoms with Crippen LogP contribution >= 0.6 is 0 Å². The molecule has 3 nitrogen and oxygen atoms in total. The Bertz CT molecular complexity index is 398. The van der Waals surface area contributed by atoms with Crippen LogP contribution in [0.2, 0.25) is 0 Å². The maximum Gasteiger partial charge on any atom is 0.251 e. The zero-order chi connectivity index (χ0) is 15.0. The summed E-state index contributed by atoms with van der Waals surface area (Å²) in [5, 5.41) is 3.05. The number of carbonyl (C=O) groups is 1. The van der Waals surface area contributed by atoms with Gasteiger partial charge in [-0.3, -0.25) is 4.79 Å². The van der Waals surface area contributed by atoms with Crippen LogP contribution in [0.4, 0.5) is 0 Å². The lowest BCUT2D eigenvalue weighted by Crippen LogP contribution is -2.32. The lowest BCUT2D eigenvalue weighted by molar-refractivity contribution is 0.0937. The fourth-order valence-corrected chi connectivity index (χ4v) is 2.13. The van der Waals surface area contributed by atoms with E-state index in [1.165, 1.54) is 6.42 Å². The summed E-state index contributed by atoms with van der Waals surface area (Å²) in [6, 6.07) is 7.79. The third kappa shape index (κ3) is 6.20. The lowest BCUT2D eigenvalue weighted by atomic mass is 10.0. The Balaban J connectivity index is 2.41. The molecule has 112 valence electrons. The molecule has 0 fully saturated rings. The highest BCUT2D eigenvalue weighted by molar-refractivity contribution is 5.94. The van der Waals surface area contributed by atoms with E-state index in [4.69, 9.17) is 4.74 Å². The third-order valence-corrected chi connectivity index (χ3v) is 3.32. The normalized spacial score (nSPS) is 12.4. The number of hydrogen-bond acceptors (Lipinski definition) is 2. The topological polar surface area (TPSA) is 38.3 Å². The van der Waals surface area contributed by atoms with Crippen molar-refractivity contribution in [2.24, 2.45) is 5.92 Å². The summed E-state index contributed by atoms with van der Waals surface area (Å²) in [4.78, 5) is 12.1. The molecule has 0 aliphatic heterocycles. The molecule has 0 saturated carbocycles. The van der Waals surface area contributed by atoms with Crippen molar-refractivity contribution >= 4 is 5.91 Å². The van der Waals surface area contributed by atoms with Crippen LogP contribution in [0.1, 0.15) is 56.0 Å². The van der Waals surface area contributed by atoms with Gasteiger partial charge >= 0.3 is 0 Å². The van der Waals surface area contributed by atoms with Crippen molar-refractivity contribution in [1.29, 1.82) is 0 Å². The number of ether oxygens (including phenoxy) is 1. The molecule has 1 rings (SSSR count). The van der Waals surface area contributed by atoms with Gasteiger partial charge in [0.05, 0.1) is 6.61 Å². The fraction of sp³-hybridized carbons (Fsp3) is 0.588. The van der Waals surface area contributed by atoms with Crippen LogP contribution in [0.5, 0.6) is 0 Å². The monoisotopic (exact) mass is 277 g/mol. The van der Waals surface area contributed by atoms with Crippen molar-refractivity contribution < 1.29 is 9.53 Å². The van der Waals surface area contributed by atoms with E-state index in [-0.39, 0.29) is 11.9 Å². The molecular formula is C17H27NO2. The molecule has 0 saturated heterocycles.